The molecule has 0 saturated carbocycles. The van der Waals surface area contributed by atoms with Crippen LogP contribution in [0, 0.1) is 23.4 Å². The van der Waals surface area contributed by atoms with Crippen LogP contribution in [0.25, 0.3) is 5.57 Å². The van der Waals surface area contributed by atoms with E-state index < -0.39 is 40.7 Å². The van der Waals surface area contributed by atoms with Crippen molar-refractivity contribution in [1.82, 2.24) is 0 Å². The number of alkyl halides is 2. The third kappa shape index (κ3) is 5.65. The molecule has 35 heavy (non-hydrogen) atoms. The maximum Gasteiger partial charge on any atom is 0.430 e. The number of benzene rings is 2. The molecule has 9 heteroatoms. The van der Waals surface area contributed by atoms with Gasteiger partial charge < -0.3 is 9.47 Å². The number of ether oxygens (including phenoxy) is 2. The van der Waals surface area contributed by atoms with Gasteiger partial charge in [-0.1, -0.05) is 37.3 Å². The summed E-state index contributed by atoms with van der Waals surface area (Å²) in [6, 6.07) is 8.01. The fourth-order valence-corrected chi connectivity index (χ4v) is 4.62. The molecular formula is C26H23F6O2P. The van der Waals surface area contributed by atoms with Crippen LogP contribution >= 0.6 is 9.24 Å². The summed E-state index contributed by atoms with van der Waals surface area (Å²) in [6.07, 6.45) is 0.0941. The van der Waals surface area contributed by atoms with Gasteiger partial charge in [-0.2, -0.15) is 8.78 Å². The highest BCUT2D eigenvalue weighted by Gasteiger charge is 2.42. The Balaban J connectivity index is 1.59. The number of hydrogen-bond acceptors (Lipinski definition) is 2. The summed E-state index contributed by atoms with van der Waals surface area (Å²) in [5.41, 5.74) is 1.20. The van der Waals surface area contributed by atoms with E-state index in [2.05, 4.69) is 11.7 Å². The van der Waals surface area contributed by atoms with E-state index in [1.54, 1.807) is 0 Å². The summed E-state index contributed by atoms with van der Waals surface area (Å²) in [7, 11) is 2.05. The third-order valence-electron chi connectivity index (χ3n) is 6.01. The molecule has 1 saturated heterocycles. The summed E-state index contributed by atoms with van der Waals surface area (Å²) < 4.78 is 94.9. The van der Waals surface area contributed by atoms with Crippen molar-refractivity contribution >= 4 is 14.8 Å². The van der Waals surface area contributed by atoms with Gasteiger partial charge in [-0.3, -0.25) is 0 Å². The minimum atomic E-state index is -4.29. The van der Waals surface area contributed by atoms with E-state index >= 15 is 0 Å². The Morgan fingerprint density at radius 3 is 2.26 bits per heavy atom. The average Bonchev–Trinajstić information content (AvgIpc) is 2.95. The van der Waals surface area contributed by atoms with Crippen LogP contribution < -0.4 is 4.74 Å². The molecule has 0 bridgehead atoms. The Morgan fingerprint density at radius 1 is 1.00 bits per heavy atom. The fourth-order valence-electron chi connectivity index (χ4n) is 4.11. The van der Waals surface area contributed by atoms with Gasteiger partial charge in [0, 0.05) is 18.7 Å². The lowest BCUT2D eigenvalue weighted by atomic mass is 9.94. The monoisotopic (exact) mass is 512 g/mol. The third-order valence-corrected chi connectivity index (χ3v) is 6.47. The Hall–Kier alpha value is -2.57. The molecule has 2 aromatic carbocycles. The van der Waals surface area contributed by atoms with Crippen LogP contribution in [-0.4, -0.2) is 12.7 Å². The van der Waals surface area contributed by atoms with Gasteiger partial charge >= 0.3 is 6.11 Å². The Labute approximate surface area is 201 Å². The van der Waals surface area contributed by atoms with Crippen molar-refractivity contribution in [3.05, 3.63) is 93.8 Å². The van der Waals surface area contributed by atoms with Crippen molar-refractivity contribution in [3.8, 4) is 5.75 Å². The van der Waals surface area contributed by atoms with Gasteiger partial charge in [-0.05, 0) is 53.3 Å². The predicted molar refractivity (Wildman–Crippen MR) is 124 cm³/mol. The SMILES string of the molecule is CC1CCC(c2ccc(C3=CC(P)=C(C(F)(F)Oc4cc(F)c(F)c(F)c4)C(F)=CC3)cc2)OC1. The van der Waals surface area contributed by atoms with Crippen LogP contribution in [0.3, 0.4) is 0 Å². The van der Waals surface area contributed by atoms with Crippen LogP contribution in [0.2, 0.25) is 0 Å². The zero-order valence-electron chi connectivity index (χ0n) is 18.8. The molecule has 4 rings (SSSR count). The molecule has 3 unspecified atom stereocenters. The fraction of sp³-hybridized carbons (Fsp3) is 0.308. The summed E-state index contributed by atoms with van der Waals surface area (Å²) in [6.45, 7) is 2.83. The Kier molecular flexibility index (Phi) is 7.43. The summed E-state index contributed by atoms with van der Waals surface area (Å²) in [5, 5.41) is -0.201. The van der Waals surface area contributed by atoms with E-state index in [0.717, 1.165) is 30.0 Å². The summed E-state index contributed by atoms with van der Waals surface area (Å²) in [5.74, 6) is -6.93. The number of hydrogen-bond donors (Lipinski definition) is 0. The highest BCUT2D eigenvalue weighted by molar-refractivity contribution is 7.23. The van der Waals surface area contributed by atoms with E-state index in [0.29, 0.717) is 18.1 Å². The molecule has 0 aromatic heterocycles. The number of allylic oxidation sites excluding steroid dienone is 4. The van der Waals surface area contributed by atoms with Gasteiger partial charge in [-0.15, -0.1) is 9.24 Å². The van der Waals surface area contributed by atoms with Crippen molar-refractivity contribution in [3.63, 3.8) is 0 Å². The molecule has 1 aliphatic heterocycles. The van der Waals surface area contributed by atoms with Gasteiger partial charge in [0.05, 0.1) is 6.10 Å². The zero-order chi connectivity index (χ0) is 25.3. The second-order valence-corrected chi connectivity index (χ2v) is 9.32. The molecule has 1 fully saturated rings. The molecule has 1 heterocycles. The van der Waals surface area contributed by atoms with Crippen LogP contribution in [0.15, 0.2) is 65.3 Å². The normalized spacial score (nSPS) is 21.4. The van der Waals surface area contributed by atoms with E-state index in [1.807, 2.05) is 33.5 Å². The minimum absolute atomic E-state index is 0.00136. The molecule has 3 atom stereocenters. The van der Waals surface area contributed by atoms with Gasteiger partial charge in [-0.25, -0.2) is 17.6 Å². The van der Waals surface area contributed by atoms with Crippen LogP contribution in [-0.2, 0) is 4.74 Å². The topological polar surface area (TPSA) is 18.5 Å². The van der Waals surface area contributed by atoms with E-state index in [1.165, 1.54) is 6.08 Å². The second kappa shape index (κ2) is 10.2. The van der Waals surface area contributed by atoms with Gasteiger partial charge in [0.15, 0.2) is 17.5 Å². The molecule has 0 radical (unpaired) electrons. The van der Waals surface area contributed by atoms with E-state index in [4.69, 9.17) is 4.74 Å². The standard InChI is InChI=1S/C26H23F6O2P/c1-14-2-9-22(33-13-14)16-5-3-15(4-6-16)17-7-8-19(27)24(23(35)10-17)26(31,32)34-18-11-20(28)25(30)21(29)12-18/h3-6,8,10-12,14,22H,2,7,9,13,35H2,1H3. The highest BCUT2D eigenvalue weighted by Crippen LogP contribution is 2.42. The predicted octanol–water partition coefficient (Wildman–Crippen LogP) is 8.03. The molecule has 0 N–H and O–H groups in total. The first kappa shape index (κ1) is 25.5. The molecule has 1 aliphatic carbocycles. The van der Waals surface area contributed by atoms with Crippen molar-refractivity contribution in [2.75, 3.05) is 6.61 Å². The summed E-state index contributed by atoms with van der Waals surface area (Å²) >= 11 is 0. The Bertz CT molecular complexity index is 1170. The van der Waals surface area contributed by atoms with Crippen LogP contribution in [0.4, 0.5) is 26.3 Å². The number of halogens is 6. The average molecular weight is 512 g/mol. The van der Waals surface area contributed by atoms with Crippen molar-refractivity contribution in [1.29, 1.82) is 0 Å². The second-order valence-electron chi connectivity index (χ2n) is 8.70. The quantitative estimate of drug-likeness (QED) is 0.229. The maximum atomic E-state index is 14.9. The molecule has 0 spiro atoms. The molecule has 2 aliphatic rings. The van der Waals surface area contributed by atoms with Gasteiger partial charge in [0.25, 0.3) is 0 Å². The molecule has 0 amide bonds. The molecular weight excluding hydrogens is 489 g/mol. The zero-order valence-corrected chi connectivity index (χ0v) is 19.9. The molecule has 186 valence electrons. The molecule has 2 aromatic rings. The lowest BCUT2D eigenvalue weighted by molar-refractivity contribution is -0.141. The van der Waals surface area contributed by atoms with E-state index in [9.17, 15) is 26.3 Å². The smallest absolute Gasteiger partial charge is 0.429 e. The molecule has 2 nitrogen and oxygen atoms in total. The highest BCUT2D eigenvalue weighted by atomic mass is 31.0. The maximum absolute atomic E-state index is 14.9. The van der Waals surface area contributed by atoms with Crippen molar-refractivity contribution in [2.24, 2.45) is 5.92 Å². The lowest BCUT2D eigenvalue weighted by Crippen LogP contribution is -2.28. The summed E-state index contributed by atoms with van der Waals surface area (Å²) in [4.78, 5) is 0. The Morgan fingerprint density at radius 2 is 1.66 bits per heavy atom. The first-order valence-electron chi connectivity index (χ1n) is 11.0. The first-order chi connectivity index (χ1) is 16.5. The van der Waals surface area contributed by atoms with Crippen molar-refractivity contribution < 1.29 is 35.8 Å². The largest absolute Gasteiger partial charge is 0.430 e. The van der Waals surface area contributed by atoms with E-state index in [-0.39, 0.29) is 30.0 Å². The van der Waals surface area contributed by atoms with Gasteiger partial charge in [0.1, 0.15) is 17.1 Å². The van der Waals surface area contributed by atoms with Crippen LogP contribution in [0.5, 0.6) is 5.75 Å². The minimum Gasteiger partial charge on any atom is -0.429 e. The first-order valence-corrected chi connectivity index (χ1v) is 11.6. The van der Waals surface area contributed by atoms with Crippen LogP contribution in [0.1, 0.15) is 43.4 Å². The lowest BCUT2D eigenvalue weighted by Gasteiger charge is -2.27. The number of rotatable bonds is 5. The van der Waals surface area contributed by atoms with Crippen molar-refractivity contribution in [2.45, 2.75) is 38.4 Å². The van der Waals surface area contributed by atoms with Gasteiger partial charge in [0.2, 0.25) is 0 Å².